The van der Waals surface area contributed by atoms with Gasteiger partial charge in [-0.15, -0.1) is 0 Å². The van der Waals surface area contributed by atoms with Crippen LogP contribution in [0.3, 0.4) is 0 Å². The van der Waals surface area contributed by atoms with Crippen LogP contribution in [0.5, 0.6) is 0 Å². The fourth-order valence-corrected chi connectivity index (χ4v) is 4.13. The fourth-order valence-electron chi connectivity index (χ4n) is 4.13. The van der Waals surface area contributed by atoms with Crippen molar-refractivity contribution in [3.05, 3.63) is 69.6 Å². The van der Waals surface area contributed by atoms with E-state index < -0.39 is 5.60 Å². The van der Waals surface area contributed by atoms with Crippen molar-refractivity contribution in [1.29, 1.82) is 0 Å². The highest BCUT2D eigenvalue weighted by atomic mass is 16.6. The Bertz CT molecular complexity index is 1070. The summed E-state index contributed by atoms with van der Waals surface area (Å²) in [4.78, 5) is 41.5. The standard InChI is InChI=1S/C27H39N5O4/c1-27(2,3)36-26(35)31-15-13-30(14-16-31)12-8-11-29-18-22-17-23(24(33)28-4)25(34)32(20-22)19-21-9-6-5-7-10-21/h5-7,9-10,17,20,29H,8,11-16,18-19H2,1-4H3,(H,28,33). The number of ether oxygens (including phenoxy) is 1. The second-order valence-corrected chi connectivity index (χ2v) is 10.1. The Kier molecular flexibility index (Phi) is 9.66. The molecule has 1 aliphatic rings. The largest absolute Gasteiger partial charge is 0.444 e. The van der Waals surface area contributed by atoms with Crippen LogP contribution in [0.25, 0.3) is 0 Å². The van der Waals surface area contributed by atoms with Gasteiger partial charge in [-0.25, -0.2) is 4.79 Å². The van der Waals surface area contributed by atoms with Gasteiger partial charge in [0.25, 0.3) is 11.5 Å². The Morgan fingerprint density at radius 2 is 1.72 bits per heavy atom. The number of hydrogen-bond donors (Lipinski definition) is 2. The van der Waals surface area contributed by atoms with Gasteiger partial charge in [0, 0.05) is 46.0 Å². The van der Waals surface area contributed by atoms with E-state index in [1.54, 1.807) is 15.5 Å². The highest BCUT2D eigenvalue weighted by molar-refractivity contribution is 5.93. The second-order valence-electron chi connectivity index (χ2n) is 10.1. The summed E-state index contributed by atoms with van der Waals surface area (Å²) in [5.74, 6) is -0.380. The van der Waals surface area contributed by atoms with Crippen LogP contribution >= 0.6 is 0 Å². The van der Waals surface area contributed by atoms with Gasteiger partial charge in [-0.05, 0) is 57.5 Å². The maximum absolute atomic E-state index is 12.9. The summed E-state index contributed by atoms with van der Waals surface area (Å²) >= 11 is 0. The lowest BCUT2D eigenvalue weighted by molar-refractivity contribution is 0.0144. The van der Waals surface area contributed by atoms with Gasteiger partial charge in [0.2, 0.25) is 0 Å². The molecule has 0 saturated carbocycles. The van der Waals surface area contributed by atoms with Crippen molar-refractivity contribution in [2.45, 2.75) is 45.9 Å². The highest BCUT2D eigenvalue weighted by Gasteiger charge is 2.25. The topological polar surface area (TPSA) is 95.9 Å². The maximum atomic E-state index is 12.9. The first-order valence-corrected chi connectivity index (χ1v) is 12.6. The van der Waals surface area contributed by atoms with E-state index in [0.717, 1.165) is 43.7 Å². The molecule has 1 aromatic heterocycles. The Balaban J connectivity index is 1.48. The molecule has 196 valence electrons. The van der Waals surface area contributed by atoms with Crippen LogP contribution in [0.2, 0.25) is 0 Å². The molecule has 3 rings (SSSR count). The zero-order chi connectivity index (χ0) is 26.1. The van der Waals surface area contributed by atoms with Crippen LogP contribution in [0.15, 0.2) is 47.4 Å². The van der Waals surface area contributed by atoms with Gasteiger partial charge in [0.1, 0.15) is 11.2 Å². The molecule has 2 heterocycles. The third-order valence-electron chi connectivity index (χ3n) is 5.99. The molecule has 9 nitrogen and oxygen atoms in total. The summed E-state index contributed by atoms with van der Waals surface area (Å²) in [7, 11) is 1.53. The lowest BCUT2D eigenvalue weighted by Gasteiger charge is -2.35. The van der Waals surface area contributed by atoms with Crippen molar-refractivity contribution in [3.63, 3.8) is 0 Å². The number of rotatable bonds is 9. The number of hydrogen-bond acceptors (Lipinski definition) is 6. The molecule has 1 aromatic carbocycles. The molecule has 1 fully saturated rings. The lowest BCUT2D eigenvalue weighted by Crippen LogP contribution is -2.50. The van der Waals surface area contributed by atoms with Crippen LogP contribution < -0.4 is 16.2 Å². The average molecular weight is 498 g/mol. The summed E-state index contributed by atoms with van der Waals surface area (Å²) in [5, 5.41) is 5.99. The van der Waals surface area contributed by atoms with Crippen LogP contribution in [0.4, 0.5) is 4.79 Å². The van der Waals surface area contributed by atoms with E-state index in [2.05, 4.69) is 15.5 Å². The van der Waals surface area contributed by atoms with E-state index in [4.69, 9.17) is 4.74 Å². The van der Waals surface area contributed by atoms with Gasteiger partial charge in [-0.3, -0.25) is 14.5 Å². The fraction of sp³-hybridized carbons (Fsp3) is 0.519. The minimum Gasteiger partial charge on any atom is -0.444 e. The smallest absolute Gasteiger partial charge is 0.410 e. The molecule has 0 spiro atoms. The molecule has 36 heavy (non-hydrogen) atoms. The van der Waals surface area contributed by atoms with Crippen molar-refractivity contribution in [1.82, 2.24) is 25.0 Å². The monoisotopic (exact) mass is 497 g/mol. The van der Waals surface area contributed by atoms with Gasteiger partial charge in [-0.1, -0.05) is 30.3 Å². The first-order chi connectivity index (χ1) is 17.2. The van der Waals surface area contributed by atoms with Crippen LogP contribution in [-0.4, -0.2) is 78.3 Å². The number of carbonyl (C=O) groups excluding carboxylic acids is 2. The molecule has 0 atom stereocenters. The van der Waals surface area contributed by atoms with E-state index >= 15 is 0 Å². The molecule has 2 N–H and O–H groups in total. The molecule has 0 radical (unpaired) electrons. The van der Waals surface area contributed by atoms with E-state index in [1.807, 2.05) is 57.3 Å². The molecule has 0 bridgehead atoms. The minimum atomic E-state index is -0.476. The molecule has 0 aliphatic carbocycles. The molecule has 2 amide bonds. The Morgan fingerprint density at radius 3 is 2.36 bits per heavy atom. The zero-order valence-electron chi connectivity index (χ0n) is 21.9. The number of benzene rings is 1. The first-order valence-electron chi connectivity index (χ1n) is 12.6. The number of amides is 2. The molecule has 2 aromatic rings. The summed E-state index contributed by atoms with van der Waals surface area (Å²) in [5.41, 5.74) is 1.26. The van der Waals surface area contributed by atoms with Gasteiger partial charge in [-0.2, -0.15) is 0 Å². The van der Waals surface area contributed by atoms with Crippen molar-refractivity contribution < 1.29 is 14.3 Å². The lowest BCUT2D eigenvalue weighted by atomic mass is 10.1. The molecule has 1 aliphatic heterocycles. The number of pyridine rings is 1. The number of aromatic nitrogens is 1. The molecule has 0 unspecified atom stereocenters. The molecule has 9 heteroatoms. The SMILES string of the molecule is CNC(=O)c1cc(CNCCCN2CCN(C(=O)OC(C)(C)C)CC2)cn(Cc2ccccc2)c1=O. The van der Waals surface area contributed by atoms with E-state index in [0.29, 0.717) is 26.2 Å². The Labute approximate surface area is 213 Å². The minimum absolute atomic E-state index is 0.149. The third kappa shape index (κ3) is 8.20. The predicted molar refractivity (Wildman–Crippen MR) is 140 cm³/mol. The maximum Gasteiger partial charge on any atom is 0.410 e. The van der Waals surface area contributed by atoms with Gasteiger partial charge in [0.05, 0.1) is 6.54 Å². The van der Waals surface area contributed by atoms with Crippen molar-refractivity contribution in [3.8, 4) is 0 Å². The van der Waals surface area contributed by atoms with Gasteiger partial charge in [0.15, 0.2) is 0 Å². The Hall–Kier alpha value is -3.17. The molecule has 1 saturated heterocycles. The van der Waals surface area contributed by atoms with Gasteiger partial charge < -0.3 is 24.8 Å². The first kappa shape index (κ1) is 27.4. The van der Waals surface area contributed by atoms with Crippen molar-refractivity contribution in [2.24, 2.45) is 0 Å². The van der Waals surface area contributed by atoms with Crippen molar-refractivity contribution >= 4 is 12.0 Å². The Morgan fingerprint density at radius 1 is 1.03 bits per heavy atom. The van der Waals surface area contributed by atoms with Gasteiger partial charge >= 0.3 is 6.09 Å². The van der Waals surface area contributed by atoms with Crippen LogP contribution in [-0.2, 0) is 17.8 Å². The number of piperazine rings is 1. The number of nitrogens with zero attached hydrogens (tertiary/aromatic N) is 3. The van der Waals surface area contributed by atoms with Crippen molar-refractivity contribution in [2.75, 3.05) is 46.3 Å². The zero-order valence-corrected chi connectivity index (χ0v) is 21.9. The van der Waals surface area contributed by atoms with E-state index in [9.17, 15) is 14.4 Å². The van der Waals surface area contributed by atoms with E-state index in [-0.39, 0.29) is 23.1 Å². The average Bonchev–Trinajstić information content (AvgIpc) is 2.85. The van der Waals surface area contributed by atoms with Crippen LogP contribution in [0, 0.1) is 0 Å². The molecular formula is C27H39N5O4. The predicted octanol–water partition coefficient (Wildman–Crippen LogP) is 2.29. The number of carbonyl (C=O) groups is 2. The highest BCUT2D eigenvalue weighted by Crippen LogP contribution is 2.12. The van der Waals surface area contributed by atoms with E-state index in [1.165, 1.54) is 7.05 Å². The molecular weight excluding hydrogens is 458 g/mol. The second kappa shape index (κ2) is 12.7. The summed E-state index contributed by atoms with van der Waals surface area (Å²) in [6.07, 6.45) is 2.54. The normalized spacial score (nSPS) is 14.5. The number of nitrogens with one attached hydrogen (secondary N) is 2. The summed E-state index contributed by atoms with van der Waals surface area (Å²) in [6, 6.07) is 11.4. The quantitative estimate of drug-likeness (QED) is 0.516. The van der Waals surface area contributed by atoms with Crippen LogP contribution in [0.1, 0.15) is 48.7 Å². The third-order valence-corrected chi connectivity index (χ3v) is 5.99. The summed E-state index contributed by atoms with van der Waals surface area (Å²) < 4.78 is 7.06. The summed E-state index contributed by atoms with van der Waals surface area (Å²) in [6.45, 7) is 11.4.